The molecule has 124 valence electrons. The third-order valence-electron chi connectivity index (χ3n) is 4.84. The summed E-state index contributed by atoms with van der Waals surface area (Å²) >= 11 is 1.61. The zero-order valence-corrected chi connectivity index (χ0v) is 14.7. The van der Waals surface area contributed by atoms with Gasteiger partial charge in [0.05, 0.1) is 0 Å². The molecule has 1 aromatic heterocycles. The largest absolute Gasteiger partial charge is 0.383 e. The van der Waals surface area contributed by atoms with E-state index in [0.717, 1.165) is 24.4 Å². The van der Waals surface area contributed by atoms with Crippen LogP contribution in [0.2, 0.25) is 0 Å². The van der Waals surface area contributed by atoms with Crippen molar-refractivity contribution >= 4 is 11.3 Å². The standard InChI is InChI=1S/C19H26N2OS/c1-15(16-7-4-3-5-8-16)21-11-10-17(13-21)20-14-19(2,22)18-9-6-12-23-18/h3-9,12,15,17,20,22H,10-11,13-14H2,1-2H3. The summed E-state index contributed by atoms with van der Waals surface area (Å²) in [7, 11) is 0. The lowest BCUT2D eigenvalue weighted by Gasteiger charge is -2.27. The maximum Gasteiger partial charge on any atom is 0.108 e. The van der Waals surface area contributed by atoms with Crippen molar-refractivity contribution in [2.75, 3.05) is 19.6 Å². The first-order valence-corrected chi connectivity index (χ1v) is 9.23. The summed E-state index contributed by atoms with van der Waals surface area (Å²) in [5.74, 6) is 0. The Kier molecular flexibility index (Phi) is 5.17. The summed E-state index contributed by atoms with van der Waals surface area (Å²) < 4.78 is 0. The Hall–Kier alpha value is -1.20. The Bertz CT molecular complexity index is 597. The van der Waals surface area contributed by atoms with Crippen LogP contribution in [-0.4, -0.2) is 35.7 Å². The van der Waals surface area contributed by atoms with Gasteiger partial charge < -0.3 is 10.4 Å². The molecule has 0 saturated carbocycles. The maximum atomic E-state index is 10.6. The molecule has 1 aliphatic heterocycles. The second-order valence-corrected chi connectivity index (χ2v) is 7.65. The SMILES string of the molecule is CC(c1ccccc1)N1CCC(NCC(C)(O)c2cccs2)C1. The number of thiophene rings is 1. The molecule has 23 heavy (non-hydrogen) atoms. The van der Waals surface area contributed by atoms with E-state index in [-0.39, 0.29) is 0 Å². The minimum Gasteiger partial charge on any atom is -0.383 e. The van der Waals surface area contributed by atoms with Gasteiger partial charge in [0.2, 0.25) is 0 Å². The number of rotatable bonds is 6. The van der Waals surface area contributed by atoms with Gasteiger partial charge in [-0.05, 0) is 37.3 Å². The third-order valence-corrected chi connectivity index (χ3v) is 5.96. The molecule has 1 aromatic carbocycles. The Labute approximate surface area is 143 Å². The molecule has 3 rings (SSSR count). The molecule has 2 aromatic rings. The second-order valence-electron chi connectivity index (χ2n) is 6.70. The molecule has 2 N–H and O–H groups in total. The van der Waals surface area contributed by atoms with Crippen LogP contribution in [0.5, 0.6) is 0 Å². The van der Waals surface area contributed by atoms with E-state index in [1.807, 2.05) is 24.4 Å². The van der Waals surface area contributed by atoms with Gasteiger partial charge in [0.1, 0.15) is 5.60 Å². The molecule has 0 aliphatic carbocycles. The van der Waals surface area contributed by atoms with Gasteiger partial charge in [-0.3, -0.25) is 4.90 Å². The van der Waals surface area contributed by atoms with E-state index in [0.29, 0.717) is 18.6 Å². The molecule has 0 amide bonds. The lowest BCUT2D eigenvalue weighted by molar-refractivity contribution is 0.0576. The molecular formula is C19H26N2OS. The molecule has 3 nitrogen and oxygen atoms in total. The average Bonchev–Trinajstić information content (AvgIpc) is 3.25. The molecule has 1 aliphatic rings. The van der Waals surface area contributed by atoms with Crippen molar-refractivity contribution in [2.24, 2.45) is 0 Å². The minimum atomic E-state index is -0.785. The summed E-state index contributed by atoms with van der Waals surface area (Å²) in [6.07, 6.45) is 1.14. The highest BCUT2D eigenvalue weighted by atomic mass is 32.1. The van der Waals surface area contributed by atoms with Crippen molar-refractivity contribution in [1.82, 2.24) is 10.2 Å². The van der Waals surface area contributed by atoms with E-state index in [2.05, 4.69) is 47.5 Å². The fourth-order valence-electron chi connectivity index (χ4n) is 3.26. The molecule has 3 unspecified atom stereocenters. The van der Waals surface area contributed by atoms with Crippen LogP contribution in [0, 0.1) is 0 Å². The Morgan fingerprint density at radius 3 is 2.78 bits per heavy atom. The van der Waals surface area contributed by atoms with Gasteiger partial charge in [0.15, 0.2) is 0 Å². The fraction of sp³-hybridized carbons (Fsp3) is 0.474. The van der Waals surface area contributed by atoms with Crippen LogP contribution < -0.4 is 5.32 Å². The van der Waals surface area contributed by atoms with E-state index in [4.69, 9.17) is 0 Å². The molecule has 4 heteroatoms. The smallest absolute Gasteiger partial charge is 0.108 e. The lowest BCUT2D eigenvalue weighted by atomic mass is 10.0. The van der Waals surface area contributed by atoms with Gasteiger partial charge in [-0.2, -0.15) is 0 Å². The molecule has 3 atom stereocenters. The van der Waals surface area contributed by atoms with E-state index >= 15 is 0 Å². The first-order valence-electron chi connectivity index (χ1n) is 8.35. The highest BCUT2D eigenvalue weighted by Crippen LogP contribution is 2.27. The number of nitrogens with zero attached hydrogens (tertiary/aromatic N) is 1. The predicted octanol–water partition coefficient (Wildman–Crippen LogP) is 3.38. The van der Waals surface area contributed by atoms with Crippen molar-refractivity contribution in [3.63, 3.8) is 0 Å². The second kappa shape index (κ2) is 7.14. The summed E-state index contributed by atoms with van der Waals surface area (Å²) in [4.78, 5) is 3.55. The summed E-state index contributed by atoms with van der Waals surface area (Å²) in [6.45, 7) is 6.92. The van der Waals surface area contributed by atoms with Gasteiger partial charge in [-0.1, -0.05) is 36.4 Å². The zero-order chi connectivity index (χ0) is 16.3. The number of hydrogen-bond acceptors (Lipinski definition) is 4. The Morgan fingerprint density at radius 2 is 2.09 bits per heavy atom. The molecule has 0 spiro atoms. The molecule has 0 bridgehead atoms. The Balaban J connectivity index is 1.52. The molecular weight excluding hydrogens is 304 g/mol. The van der Waals surface area contributed by atoms with Crippen LogP contribution in [0.25, 0.3) is 0 Å². The number of hydrogen-bond donors (Lipinski definition) is 2. The van der Waals surface area contributed by atoms with Crippen LogP contribution in [0.15, 0.2) is 47.8 Å². The summed E-state index contributed by atoms with van der Waals surface area (Å²) in [5.41, 5.74) is 0.589. The van der Waals surface area contributed by atoms with Gasteiger partial charge >= 0.3 is 0 Å². The first-order chi connectivity index (χ1) is 11.1. The lowest BCUT2D eigenvalue weighted by Crippen LogP contribution is -2.41. The van der Waals surface area contributed by atoms with Crippen LogP contribution in [0.1, 0.15) is 36.8 Å². The number of likely N-dealkylation sites (tertiary alicyclic amines) is 1. The number of benzene rings is 1. The first kappa shape index (κ1) is 16.7. The monoisotopic (exact) mass is 330 g/mol. The fourth-order valence-corrected chi connectivity index (χ4v) is 4.05. The Morgan fingerprint density at radius 1 is 1.30 bits per heavy atom. The van der Waals surface area contributed by atoms with Crippen LogP contribution in [-0.2, 0) is 5.60 Å². The van der Waals surface area contributed by atoms with Crippen molar-refractivity contribution in [2.45, 2.75) is 38.0 Å². The topological polar surface area (TPSA) is 35.5 Å². The molecule has 2 heterocycles. The number of nitrogens with one attached hydrogen (secondary N) is 1. The van der Waals surface area contributed by atoms with Gasteiger partial charge in [-0.25, -0.2) is 0 Å². The van der Waals surface area contributed by atoms with Crippen molar-refractivity contribution in [3.8, 4) is 0 Å². The van der Waals surface area contributed by atoms with Crippen LogP contribution >= 0.6 is 11.3 Å². The third kappa shape index (κ3) is 4.01. The van der Waals surface area contributed by atoms with Gasteiger partial charge in [0, 0.05) is 36.6 Å². The minimum absolute atomic E-state index is 0.445. The zero-order valence-electron chi connectivity index (χ0n) is 13.9. The number of aliphatic hydroxyl groups is 1. The normalized spacial score (nSPS) is 22.8. The quantitative estimate of drug-likeness (QED) is 0.852. The summed E-state index contributed by atoms with van der Waals surface area (Å²) in [6, 6.07) is 15.6. The average molecular weight is 330 g/mol. The molecule has 0 radical (unpaired) electrons. The van der Waals surface area contributed by atoms with Crippen molar-refractivity contribution < 1.29 is 5.11 Å². The molecule has 1 saturated heterocycles. The predicted molar refractivity (Wildman–Crippen MR) is 96.7 cm³/mol. The maximum absolute atomic E-state index is 10.6. The van der Waals surface area contributed by atoms with Gasteiger partial charge in [-0.15, -0.1) is 11.3 Å². The van der Waals surface area contributed by atoms with Crippen molar-refractivity contribution in [3.05, 3.63) is 58.3 Å². The van der Waals surface area contributed by atoms with Gasteiger partial charge in [0.25, 0.3) is 0 Å². The van der Waals surface area contributed by atoms with Crippen LogP contribution in [0.4, 0.5) is 0 Å². The highest BCUT2D eigenvalue weighted by molar-refractivity contribution is 7.10. The van der Waals surface area contributed by atoms with Crippen molar-refractivity contribution in [1.29, 1.82) is 0 Å². The summed E-state index contributed by atoms with van der Waals surface area (Å²) in [5, 5.41) is 16.2. The van der Waals surface area contributed by atoms with E-state index in [9.17, 15) is 5.11 Å². The van der Waals surface area contributed by atoms with E-state index < -0.39 is 5.60 Å². The molecule has 1 fully saturated rings. The van der Waals surface area contributed by atoms with E-state index in [1.54, 1.807) is 11.3 Å². The van der Waals surface area contributed by atoms with Crippen LogP contribution in [0.3, 0.4) is 0 Å². The highest BCUT2D eigenvalue weighted by Gasteiger charge is 2.30. The van der Waals surface area contributed by atoms with E-state index in [1.165, 1.54) is 5.56 Å².